The predicted molar refractivity (Wildman–Crippen MR) is 47.6 cm³/mol. The molecule has 2 nitrogen and oxygen atoms in total. The van der Waals surface area contributed by atoms with Crippen molar-refractivity contribution in [1.29, 1.82) is 0 Å². The Labute approximate surface area is 71.3 Å². The third-order valence-electron chi connectivity index (χ3n) is 1.14. The van der Waals surface area contributed by atoms with E-state index in [4.69, 9.17) is 4.52 Å². The molecule has 0 aliphatic carbocycles. The highest BCUT2D eigenvalue weighted by molar-refractivity contribution is 7.99. The number of rotatable bonds is 2. The van der Waals surface area contributed by atoms with Gasteiger partial charge in [0.2, 0.25) is 0 Å². The molecule has 0 fully saturated rings. The zero-order valence-corrected chi connectivity index (χ0v) is 7.94. The van der Waals surface area contributed by atoms with Gasteiger partial charge in [-0.15, -0.1) is 11.8 Å². The molecule has 62 valence electrons. The first-order chi connectivity index (χ1) is 5.08. The van der Waals surface area contributed by atoms with Gasteiger partial charge in [0.1, 0.15) is 6.26 Å². The molecule has 0 aromatic carbocycles. The van der Waals surface area contributed by atoms with E-state index in [1.807, 2.05) is 17.8 Å². The number of thioether (sulfide) groups is 1. The van der Waals surface area contributed by atoms with Gasteiger partial charge in [-0.2, -0.15) is 0 Å². The molecule has 0 radical (unpaired) electrons. The summed E-state index contributed by atoms with van der Waals surface area (Å²) in [5.74, 6) is 0.931. The zero-order valence-electron chi connectivity index (χ0n) is 7.13. The highest BCUT2D eigenvalue weighted by atomic mass is 32.2. The van der Waals surface area contributed by atoms with Crippen molar-refractivity contribution in [3.05, 3.63) is 18.0 Å². The van der Waals surface area contributed by atoms with E-state index >= 15 is 0 Å². The van der Waals surface area contributed by atoms with E-state index in [0.29, 0.717) is 4.75 Å². The summed E-state index contributed by atoms with van der Waals surface area (Å²) in [7, 11) is 0. The third-order valence-corrected chi connectivity index (χ3v) is 2.45. The van der Waals surface area contributed by atoms with Crippen LogP contribution in [0, 0.1) is 0 Å². The van der Waals surface area contributed by atoms with Crippen LogP contribution in [0.2, 0.25) is 0 Å². The minimum atomic E-state index is 0.305. The van der Waals surface area contributed by atoms with Gasteiger partial charge in [0.25, 0.3) is 0 Å². The molecule has 1 heterocycles. The van der Waals surface area contributed by atoms with E-state index in [-0.39, 0.29) is 0 Å². The Morgan fingerprint density at radius 1 is 1.55 bits per heavy atom. The Bertz CT molecular complexity index is 200. The smallest absolute Gasteiger partial charge is 0.124 e. The fourth-order valence-corrected chi connectivity index (χ4v) is 1.33. The van der Waals surface area contributed by atoms with Gasteiger partial charge >= 0.3 is 0 Å². The van der Waals surface area contributed by atoms with Crippen LogP contribution in [-0.2, 0) is 5.75 Å². The summed E-state index contributed by atoms with van der Waals surface area (Å²) in [6, 6.07) is 1.90. The van der Waals surface area contributed by atoms with Crippen molar-refractivity contribution in [2.24, 2.45) is 0 Å². The van der Waals surface area contributed by atoms with Gasteiger partial charge in [0.15, 0.2) is 0 Å². The van der Waals surface area contributed by atoms with Gasteiger partial charge in [-0.1, -0.05) is 25.9 Å². The minimum Gasteiger partial charge on any atom is -0.364 e. The van der Waals surface area contributed by atoms with Crippen molar-refractivity contribution in [3.63, 3.8) is 0 Å². The Morgan fingerprint density at radius 3 is 2.73 bits per heavy atom. The lowest BCUT2D eigenvalue weighted by molar-refractivity contribution is 0.414. The van der Waals surface area contributed by atoms with E-state index in [2.05, 4.69) is 25.9 Å². The molecular formula is C8H13NOS. The van der Waals surface area contributed by atoms with E-state index in [1.165, 1.54) is 0 Å². The van der Waals surface area contributed by atoms with Gasteiger partial charge in [-0.3, -0.25) is 0 Å². The average molecular weight is 171 g/mol. The van der Waals surface area contributed by atoms with E-state index in [9.17, 15) is 0 Å². The molecule has 0 bridgehead atoms. The zero-order chi connectivity index (χ0) is 8.32. The second-order valence-electron chi connectivity index (χ2n) is 3.39. The van der Waals surface area contributed by atoms with E-state index < -0.39 is 0 Å². The predicted octanol–water partition coefficient (Wildman–Crippen LogP) is 2.71. The first kappa shape index (κ1) is 8.65. The van der Waals surface area contributed by atoms with Crippen LogP contribution < -0.4 is 0 Å². The molecular weight excluding hydrogens is 158 g/mol. The number of hydrogen-bond donors (Lipinski definition) is 0. The maximum Gasteiger partial charge on any atom is 0.124 e. The fraction of sp³-hybridized carbons (Fsp3) is 0.625. The quantitative estimate of drug-likeness (QED) is 0.684. The van der Waals surface area contributed by atoms with Crippen LogP contribution in [0.15, 0.2) is 16.9 Å². The van der Waals surface area contributed by atoms with E-state index in [0.717, 1.165) is 11.4 Å². The lowest BCUT2D eigenvalue weighted by Gasteiger charge is -2.15. The van der Waals surface area contributed by atoms with Crippen molar-refractivity contribution in [2.75, 3.05) is 0 Å². The van der Waals surface area contributed by atoms with E-state index in [1.54, 1.807) is 6.26 Å². The topological polar surface area (TPSA) is 26.0 Å². The summed E-state index contributed by atoms with van der Waals surface area (Å²) < 4.78 is 5.02. The lowest BCUT2D eigenvalue weighted by Crippen LogP contribution is -2.07. The SMILES string of the molecule is CC(C)(C)SCc1ccon1. The van der Waals surface area contributed by atoms with Gasteiger partial charge in [0.05, 0.1) is 5.69 Å². The molecule has 0 N–H and O–H groups in total. The molecule has 1 aromatic rings. The monoisotopic (exact) mass is 171 g/mol. The summed E-state index contributed by atoms with van der Waals surface area (Å²) in [4.78, 5) is 0. The van der Waals surface area contributed by atoms with Crippen LogP contribution in [0.3, 0.4) is 0 Å². The molecule has 11 heavy (non-hydrogen) atoms. The molecule has 0 spiro atoms. The van der Waals surface area contributed by atoms with Gasteiger partial charge < -0.3 is 4.52 Å². The van der Waals surface area contributed by atoms with Crippen LogP contribution in [0.1, 0.15) is 26.5 Å². The number of nitrogens with zero attached hydrogens (tertiary/aromatic N) is 1. The van der Waals surface area contributed by atoms with Crippen molar-refractivity contribution < 1.29 is 4.52 Å². The first-order valence-electron chi connectivity index (χ1n) is 3.61. The summed E-state index contributed by atoms with van der Waals surface area (Å²) in [6.07, 6.45) is 1.61. The summed E-state index contributed by atoms with van der Waals surface area (Å²) in [6.45, 7) is 6.58. The second-order valence-corrected chi connectivity index (χ2v) is 5.19. The number of hydrogen-bond acceptors (Lipinski definition) is 3. The second kappa shape index (κ2) is 3.30. The van der Waals surface area contributed by atoms with Crippen molar-refractivity contribution >= 4 is 11.8 Å². The summed E-state index contributed by atoms with van der Waals surface area (Å²) in [5.41, 5.74) is 1.02. The molecule has 0 saturated carbocycles. The van der Waals surface area contributed by atoms with Gasteiger partial charge in [0, 0.05) is 16.6 Å². The average Bonchev–Trinajstić information content (AvgIpc) is 2.32. The number of aromatic nitrogens is 1. The third kappa shape index (κ3) is 3.46. The maximum absolute atomic E-state index is 4.72. The van der Waals surface area contributed by atoms with Gasteiger partial charge in [-0.05, 0) is 0 Å². The van der Waals surface area contributed by atoms with Crippen LogP contribution in [0.25, 0.3) is 0 Å². The summed E-state index contributed by atoms with van der Waals surface area (Å²) in [5, 5.41) is 3.82. The summed E-state index contributed by atoms with van der Waals surface area (Å²) >= 11 is 1.87. The largest absolute Gasteiger partial charge is 0.364 e. The van der Waals surface area contributed by atoms with Crippen molar-refractivity contribution in [3.8, 4) is 0 Å². The molecule has 1 aromatic heterocycles. The molecule has 0 saturated heterocycles. The molecule has 0 aliphatic heterocycles. The normalized spacial score (nSPS) is 11.9. The van der Waals surface area contributed by atoms with Gasteiger partial charge in [-0.25, -0.2) is 0 Å². The molecule has 0 atom stereocenters. The maximum atomic E-state index is 4.72. The standard InChI is InChI=1S/C8H13NOS/c1-8(2,3)11-6-7-4-5-10-9-7/h4-5H,6H2,1-3H3. The lowest BCUT2D eigenvalue weighted by atomic mass is 10.3. The minimum absolute atomic E-state index is 0.305. The van der Waals surface area contributed by atoms with Crippen molar-refractivity contribution in [1.82, 2.24) is 5.16 Å². The highest BCUT2D eigenvalue weighted by Crippen LogP contribution is 2.26. The Hall–Kier alpha value is -0.440. The molecule has 0 amide bonds. The molecule has 1 rings (SSSR count). The molecule has 0 unspecified atom stereocenters. The van der Waals surface area contributed by atoms with Crippen molar-refractivity contribution in [2.45, 2.75) is 31.3 Å². The van der Waals surface area contributed by atoms with Crippen LogP contribution >= 0.6 is 11.8 Å². The van der Waals surface area contributed by atoms with Crippen LogP contribution in [-0.4, -0.2) is 9.90 Å². The first-order valence-corrected chi connectivity index (χ1v) is 4.60. The molecule has 0 aliphatic rings. The van der Waals surface area contributed by atoms with Crippen LogP contribution in [0.5, 0.6) is 0 Å². The fourth-order valence-electron chi connectivity index (χ4n) is 0.602. The Balaban J connectivity index is 2.35. The highest BCUT2D eigenvalue weighted by Gasteiger charge is 2.11. The molecule has 3 heteroatoms. The van der Waals surface area contributed by atoms with Crippen LogP contribution in [0.4, 0.5) is 0 Å². The Morgan fingerprint density at radius 2 is 2.27 bits per heavy atom. The Kier molecular flexibility index (Phi) is 2.60.